The maximum Gasteiger partial charge on any atom is 0.0856 e. The molecule has 0 radical (unpaired) electrons. The first-order chi connectivity index (χ1) is 6.95. The molecular weight excluding hydrogens is 279 g/mol. The van der Waals surface area contributed by atoms with Crippen LogP contribution in [0.15, 0.2) is 64.8 Å². The van der Waals surface area contributed by atoms with Crippen LogP contribution in [0, 0.1) is 6.07 Å². The van der Waals surface area contributed by atoms with Gasteiger partial charge in [0.05, 0.1) is 5.69 Å². The van der Waals surface area contributed by atoms with Gasteiger partial charge in [-0.1, -0.05) is 18.2 Å². The summed E-state index contributed by atoms with van der Waals surface area (Å²) in [5, 5.41) is 8.12. The molecule has 2 aromatic carbocycles. The molecule has 0 fully saturated rings. The summed E-state index contributed by atoms with van der Waals surface area (Å²) in [4.78, 5) is 0. The molecule has 2 aromatic rings. The van der Waals surface area contributed by atoms with Gasteiger partial charge < -0.3 is 0 Å². The van der Waals surface area contributed by atoms with Crippen molar-refractivity contribution in [2.24, 2.45) is 10.2 Å². The van der Waals surface area contributed by atoms with Crippen molar-refractivity contribution in [1.82, 2.24) is 0 Å². The normalized spacial score (nSPS) is 9.87. The van der Waals surface area contributed by atoms with Crippen molar-refractivity contribution in [3.63, 3.8) is 0 Å². The summed E-state index contributed by atoms with van der Waals surface area (Å²) in [5.74, 6) is 0. The van der Waals surface area contributed by atoms with E-state index in [9.17, 15) is 0 Å². The Morgan fingerprint density at radius 1 is 0.800 bits per heavy atom. The quantitative estimate of drug-likeness (QED) is 0.455. The third-order valence-corrected chi connectivity index (χ3v) is 1.72. The van der Waals surface area contributed by atoms with Gasteiger partial charge in [-0.15, -0.1) is 6.07 Å². The molecule has 0 atom stereocenters. The van der Waals surface area contributed by atoms with Crippen LogP contribution in [0.3, 0.4) is 0 Å². The molecule has 0 heterocycles. The number of azo groups is 1. The summed E-state index contributed by atoms with van der Waals surface area (Å²) in [5.41, 5.74) is 1.60. The first-order valence-corrected chi connectivity index (χ1v) is 4.39. The van der Waals surface area contributed by atoms with E-state index in [1.165, 1.54) is 0 Å². The summed E-state index contributed by atoms with van der Waals surface area (Å²) in [6.07, 6.45) is 0. The summed E-state index contributed by atoms with van der Waals surface area (Å²) < 4.78 is 0. The van der Waals surface area contributed by atoms with Crippen LogP contribution in [0.2, 0.25) is 0 Å². The number of hydrogen-bond donors (Lipinski definition) is 0. The first kappa shape index (κ1) is 11.8. The van der Waals surface area contributed by atoms with Crippen molar-refractivity contribution in [2.45, 2.75) is 0 Å². The fourth-order valence-corrected chi connectivity index (χ4v) is 1.05. The van der Waals surface area contributed by atoms with Crippen molar-refractivity contribution in [2.75, 3.05) is 0 Å². The molecule has 0 aliphatic carbocycles. The van der Waals surface area contributed by atoms with E-state index in [0.29, 0.717) is 0 Å². The Labute approximate surface area is 103 Å². The molecule has 2 nitrogen and oxygen atoms in total. The number of nitrogens with zero attached hydrogens (tertiary/aromatic N) is 2. The Kier molecular flexibility index (Phi) is 4.90. The average Bonchev–Trinajstić information content (AvgIpc) is 2.29. The zero-order valence-corrected chi connectivity index (χ0v) is 9.46. The molecule has 0 amide bonds. The zero-order chi connectivity index (χ0) is 9.64. The van der Waals surface area contributed by atoms with Gasteiger partial charge in [-0.2, -0.15) is 34.5 Å². The van der Waals surface area contributed by atoms with Gasteiger partial charge in [-0.3, -0.25) is 0 Å². The van der Waals surface area contributed by atoms with Crippen molar-refractivity contribution in [3.05, 3.63) is 60.7 Å². The third-order valence-electron chi connectivity index (χ3n) is 1.72. The standard InChI is InChI=1S/C12H9N2.Pd/c1-3-7-11(8-4-1)13-14-12-9-5-2-6-10-12;/h1-9H;/q-1;. The fraction of sp³-hybridized carbons (Fsp3) is 0. The van der Waals surface area contributed by atoms with Gasteiger partial charge in [0.15, 0.2) is 0 Å². The number of rotatable bonds is 2. The molecule has 15 heavy (non-hydrogen) atoms. The van der Waals surface area contributed by atoms with Crippen LogP contribution < -0.4 is 0 Å². The Morgan fingerprint density at radius 2 is 1.53 bits per heavy atom. The molecule has 3 heteroatoms. The van der Waals surface area contributed by atoms with E-state index in [2.05, 4.69) is 16.3 Å². The largest absolute Gasteiger partial charge is 0.178 e. The van der Waals surface area contributed by atoms with Crippen LogP contribution in [0.5, 0.6) is 0 Å². The predicted molar refractivity (Wildman–Crippen MR) is 55.9 cm³/mol. The molecule has 0 saturated carbocycles. The topological polar surface area (TPSA) is 24.7 Å². The smallest absolute Gasteiger partial charge is 0.0856 e. The maximum absolute atomic E-state index is 4.07. The molecule has 0 unspecified atom stereocenters. The molecule has 0 N–H and O–H groups in total. The Morgan fingerprint density at radius 3 is 2.20 bits per heavy atom. The first-order valence-electron chi connectivity index (χ1n) is 4.39. The molecule has 0 bridgehead atoms. The molecule has 0 aromatic heterocycles. The van der Waals surface area contributed by atoms with E-state index in [1.54, 1.807) is 0 Å². The van der Waals surface area contributed by atoms with Gasteiger partial charge in [0.25, 0.3) is 0 Å². The molecule has 0 saturated heterocycles. The SMILES string of the molecule is [Pd].[c-]1ccccc1N=Nc1ccccc1. The van der Waals surface area contributed by atoms with Crippen molar-refractivity contribution in [3.8, 4) is 0 Å². The molecule has 0 aliphatic rings. The van der Waals surface area contributed by atoms with Gasteiger partial charge >= 0.3 is 0 Å². The Balaban J connectivity index is 0.00000112. The van der Waals surface area contributed by atoms with Gasteiger partial charge in [0.2, 0.25) is 0 Å². The van der Waals surface area contributed by atoms with E-state index in [0.717, 1.165) is 11.4 Å². The molecule has 0 spiro atoms. The molecule has 0 aliphatic heterocycles. The van der Waals surface area contributed by atoms with Gasteiger partial charge in [0, 0.05) is 20.4 Å². The van der Waals surface area contributed by atoms with Crippen LogP contribution in [0.25, 0.3) is 0 Å². The van der Waals surface area contributed by atoms with E-state index in [1.807, 2.05) is 54.6 Å². The Hall–Kier alpha value is -1.30. The van der Waals surface area contributed by atoms with Crippen molar-refractivity contribution >= 4 is 11.4 Å². The number of benzene rings is 2. The van der Waals surface area contributed by atoms with Crippen molar-refractivity contribution < 1.29 is 20.4 Å². The predicted octanol–water partition coefficient (Wildman–Crippen LogP) is 3.90. The second-order valence-corrected chi connectivity index (χ2v) is 2.78. The van der Waals surface area contributed by atoms with Crippen molar-refractivity contribution in [1.29, 1.82) is 0 Å². The van der Waals surface area contributed by atoms with E-state index < -0.39 is 0 Å². The van der Waals surface area contributed by atoms with Gasteiger partial charge in [-0.05, 0) is 17.8 Å². The van der Waals surface area contributed by atoms with Crippen LogP contribution in [0.1, 0.15) is 0 Å². The van der Waals surface area contributed by atoms with Crippen LogP contribution in [0.4, 0.5) is 11.4 Å². The van der Waals surface area contributed by atoms with E-state index in [4.69, 9.17) is 0 Å². The molecule has 2 rings (SSSR count). The monoisotopic (exact) mass is 287 g/mol. The minimum Gasteiger partial charge on any atom is -0.178 e. The van der Waals surface area contributed by atoms with E-state index >= 15 is 0 Å². The summed E-state index contributed by atoms with van der Waals surface area (Å²) in [7, 11) is 0. The average molecular weight is 288 g/mol. The van der Waals surface area contributed by atoms with Crippen LogP contribution in [-0.4, -0.2) is 0 Å². The van der Waals surface area contributed by atoms with Gasteiger partial charge in [-0.25, -0.2) is 0 Å². The number of hydrogen-bond acceptors (Lipinski definition) is 2. The van der Waals surface area contributed by atoms with Crippen LogP contribution >= 0.6 is 0 Å². The molecule has 78 valence electrons. The van der Waals surface area contributed by atoms with E-state index in [-0.39, 0.29) is 20.4 Å². The minimum absolute atomic E-state index is 0. The third kappa shape index (κ3) is 3.75. The second-order valence-electron chi connectivity index (χ2n) is 2.78. The fourth-order valence-electron chi connectivity index (χ4n) is 1.05. The zero-order valence-electron chi connectivity index (χ0n) is 7.91. The van der Waals surface area contributed by atoms with Gasteiger partial charge in [0.1, 0.15) is 0 Å². The minimum atomic E-state index is 0. The Bertz CT molecular complexity index is 371. The maximum atomic E-state index is 4.07. The molecular formula is C12H9N2Pd-. The second kappa shape index (κ2) is 6.24. The summed E-state index contributed by atoms with van der Waals surface area (Å²) >= 11 is 0. The summed E-state index contributed by atoms with van der Waals surface area (Å²) in [6.45, 7) is 0. The summed E-state index contributed by atoms with van der Waals surface area (Å²) in [6, 6.07) is 20.1. The van der Waals surface area contributed by atoms with Crippen LogP contribution in [-0.2, 0) is 20.4 Å².